The summed E-state index contributed by atoms with van der Waals surface area (Å²) in [5.41, 5.74) is 5.18. The molecule has 0 radical (unpaired) electrons. The van der Waals surface area contributed by atoms with Gasteiger partial charge in [0, 0.05) is 11.3 Å². The van der Waals surface area contributed by atoms with Crippen LogP contribution in [0.1, 0.15) is 11.1 Å². The van der Waals surface area contributed by atoms with Gasteiger partial charge in [-0.1, -0.05) is 30.3 Å². The van der Waals surface area contributed by atoms with E-state index in [-0.39, 0.29) is 17.6 Å². The average molecular weight is 432 g/mol. The van der Waals surface area contributed by atoms with E-state index in [0.29, 0.717) is 11.6 Å². The second-order valence-corrected chi connectivity index (χ2v) is 7.53. The fraction of sp³-hybridized carbons (Fsp3) is 0.125. The lowest BCUT2D eigenvalue weighted by molar-refractivity contribution is -0.121. The second kappa shape index (κ2) is 8.97. The molecule has 1 amide bonds. The first kappa shape index (κ1) is 20.6. The molecule has 1 aromatic heterocycles. The maximum atomic E-state index is 12.1. The zero-order valence-corrected chi connectivity index (χ0v) is 18.0. The maximum Gasteiger partial charge on any atom is 0.264 e. The van der Waals surface area contributed by atoms with Gasteiger partial charge >= 0.3 is 0 Å². The molecule has 0 aliphatic heterocycles. The number of para-hydroxylation sites is 1. The molecule has 0 aliphatic carbocycles. The Balaban J connectivity index is 1.43. The quantitative estimate of drug-likeness (QED) is 0.433. The Morgan fingerprint density at radius 1 is 1.06 bits per heavy atom. The molecule has 0 bridgehead atoms. The van der Waals surface area contributed by atoms with Crippen LogP contribution >= 0.6 is 12.2 Å². The van der Waals surface area contributed by atoms with Crippen molar-refractivity contribution in [1.29, 1.82) is 0 Å². The summed E-state index contributed by atoms with van der Waals surface area (Å²) in [6.07, 6.45) is 0. The van der Waals surface area contributed by atoms with Gasteiger partial charge in [0.05, 0.1) is 0 Å². The van der Waals surface area contributed by atoms with E-state index in [9.17, 15) is 4.79 Å². The van der Waals surface area contributed by atoms with Gasteiger partial charge in [0.2, 0.25) is 5.89 Å². The van der Waals surface area contributed by atoms with Gasteiger partial charge in [0.15, 0.2) is 17.3 Å². The van der Waals surface area contributed by atoms with E-state index >= 15 is 0 Å². The van der Waals surface area contributed by atoms with E-state index in [0.717, 1.165) is 33.5 Å². The molecule has 3 aromatic carbocycles. The lowest BCUT2D eigenvalue weighted by Gasteiger charge is -2.13. The fourth-order valence-corrected chi connectivity index (χ4v) is 3.25. The SMILES string of the molecule is Cc1ccc2nc(-c3ccc(C)c(NC(=S)NC(=O)COc4ccccc4)c3)oc2c1. The molecular weight excluding hydrogens is 410 g/mol. The van der Waals surface area contributed by atoms with Gasteiger partial charge in [0.25, 0.3) is 5.91 Å². The molecule has 1 heterocycles. The number of hydrogen-bond donors (Lipinski definition) is 2. The van der Waals surface area contributed by atoms with Crippen molar-refractivity contribution in [2.24, 2.45) is 0 Å². The Morgan fingerprint density at radius 2 is 1.87 bits per heavy atom. The van der Waals surface area contributed by atoms with Crippen LogP contribution in [0.3, 0.4) is 0 Å². The number of carbonyl (C=O) groups excluding carboxylic acids is 1. The first-order valence-electron chi connectivity index (χ1n) is 9.75. The molecule has 31 heavy (non-hydrogen) atoms. The minimum atomic E-state index is -0.343. The summed E-state index contributed by atoms with van der Waals surface area (Å²) in [4.78, 5) is 16.7. The summed E-state index contributed by atoms with van der Waals surface area (Å²) < 4.78 is 11.4. The van der Waals surface area contributed by atoms with Crippen LogP contribution < -0.4 is 15.4 Å². The highest BCUT2D eigenvalue weighted by Gasteiger charge is 2.12. The first-order valence-corrected chi connectivity index (χ1v) is 10.2. The Labute approximate surface area is 185 Å². The number of oxazole rings is 1. The van der Waals surface area contributed by atoms with Crippen LogP contribution in [-0.2, 0) is 4.79 Å². The third-order valence-corrected chi connectivity index (χ3v) is 4.85. The summed E-state index contributed by atoms with van der Waals surface area (Å²) in [5, 5.41) is 5.89. The molecule has 2 N–H and O–H groups in total. The van der Waals surface area contributed by atoms with Crippen molar-refractivity contribution < 1.29 is 13.9 Å². The molecule has 6 nitrogen and oxygen atoms in total. The highest BCUT2D eigenvalue weighted by molar-refractivity contribution is 7.80. The molecule has 0 saturated heterocycles. The standard InChI is InChI=1S/C24H21N3O3S/c1-15-8-11-19-21(12-15)30-23(25-19)17-10-9-16(2)20(13-17)26-24(31)27-22(28)14-29-18-6-4-3-5-7-18/h3-13H,14H2,1-2H3,(H2,26,27,28,31). The number of rotatable bonds is 5. The van der Waals surface area contributed by atoms with Gasteiger partial charge in [-0.25, -0.2) is 4.98 Å². The molecule has 0 saturated carbocycles. The monoisotopic (exact) mass is 431 g/mol. The Bertz CT molecular complexity index is 1250. The van der Waals surface area contributed by atoms with Crippen LogP contribution in [0.5, 0.6) is 5.75 Å². The van der Waals surface area contributed by atoms with E-state index in [1.807, 2.05) is 68.4 Å². The van der Waals surface area contributed by atoms with Crippen molar-refractivity contribution in [3.8, 4) is 17.2 Å². The smallest absolute Gasteiger partial charge is 0.264 e. The second-order valence-electron chi connectivity index (χ2n) is 7.12. The molecule has 0 fully saturated rings. The predicted molar refractivity (Wildman–Crippen MR) is 125 cm³/mol. The van der Waals surface area contributed by atoms with Crippen LogP contribution in [-0.4, -0.2) is 22.6 Å². The number of ether oxygens (including phenoxy) is 1. The summed E-state index contributed by atoms with van der Waals surface area (Å²) in [6, 6.07) is 20.8. The van der Waals surface area contributed by atoms with Crippen molar-refractivity contribution in [3.63, 3.8) is 0 Å². The molecule has 4 rings (SSSR count). The van der Waals surface area contributed by atoms with E-state index in [2.05, 4.69) is 15.6 Å². The third kappa shape index (κ3) is 5.07. The highest BCUT2D eigenvalue weighted by atomic mass is 32.1. The van der Waals surface area contributed by atoms with Crippen molar-refractivity contribution >= 4 is 40.0 Å². The van der Waals surface area contributed by atoms with Gasteiger partial charge in [-0.15, -0.1) is 0 Å². The lowest BCUT2D eigenvalue weighted by Crippen LogP contribution is -2.37. The Morgan fingerprint density at radius 3 is 2.68 bits per heavy atom. The maximum absolute atomic E-state index is 12.1. The number of benzene rings is 3. The van der Waals surface area contributed by atoms with E-state index < -0.39 is 0 Å². The van der Waals surface area contributed by atoms with E-state index in [4.69, 9.17) is 21.4 Å². The number of aryl methyl sites for hydroxylation is 2. The van der Waals surface area contributed by atoms with E-state index in [1.165, 1.54) is 0 Å². The molecule has 0 atom stereocenters. The number of thiocarbonyl (C=S) groups is 1. The molecule has 4 aromatic rings. The summed E-state index contributed by atoms with van der Waals surface area (Å²) in [5.74, 6) is 0.799. The molecule has 0 aliphatic rings. The third-order valence-electron chi connectivity index (χ3n) is 4.64. The average Bonchev–Trinajstić information content (AvgIpc) is 3.17. The van der Waals surface area contributed by atoms with Gasteiger partial charge < -0.3 is 14.5 Å². The molecular formula is C24H21N3O3S. The lowest BCUT2D eigenvalue weighted by atomic mass is 10.1. The topological polar surface area (TPSA) is 76.4 Å². The number of carbonyl (C=O) groups is 1. The number of nitrogens with zero attached hydrogens (tertiary/aromatic N) is 1. The van der Waals surface area contributed by atoms with Crippen LogP contribution in [0.4, 0.5) is 5.69 Å². The zero-order valence-electron chi connectivity index (χ0n) is 17.1. The van der Waals surface area contributed by atoms with Crippen molar-refractivity contribution in [3.05, 3.63) is 77.9 Å². The van der Waals surface area contributed by atoms with Crippen LogP contribution in [0, 0.1) is 13.8 Å². The molecule has 7 heteroatoms. The number of aromatic nitrogens is 1. The summed E-state index contributed by atoms with van der Waals surface area (Å²) in [7, 11) is 0. The van der Waals surface area contributed by atoms with Gasteiger partial charge in [0.1, 0.15) is 11.3 Å². The van der Waals surface area contributed by atoms with Crippen LogP contribution in [0.25, 0.3) is 22.6 Å². The number of fused-ring (bicyclic) bond motifs is 1. The van der Waals surface area contributed by atoms with Crippen molar-refractivity contribution in [2.45, 2.75) is 13.8 Å². The number of anilines is 1. The molecule has 156 valence electrons. The highest BCUT2D eigenvalue weighted by Crippen LogP contribution is 2.28. The van der Waals surface area contributed by atoms with Gasteiger partial charge in [-0.3, -0.25) is 10.1 Å². The van der Waals surface area contributed by atoms with E-state index in [1.54, 1.807) is 12.1 Å². The number of nitrogens with one attached hydrogen (secondary N) is 2. The van der Waals surface area contributed by atoms with Crippen molar-refractivity contribution in [1.82, 2.24) is 10.3 Å². The van der Waals surface area contributed by atoms with Crippen LogP contribution in [0.2, 0.25) is 0 Å². The largest absolute Gasteiger partial charge is 0.484 e. The predicted octanol–water partition coefficient (Wildman–Crippen LogP) is 5.00. The summed E-state index contributed by atoms with van der Waals surface area (Å²) in [6.45, 7) is 3.83. The van der Waals surface area contributed by atoms with Crippen molar-refractivity contribution in [2.75, 3.05) is 11.9 Å². The zero-order chi connectivity index (χ0) is 21.8. The Kier molecular flexibility index (Phi) is 5.95. The molecule has 0 unspecified atom stereocenters. The van der Waals surface area contributed by atoms with Crippen LogP contribution in [0.15, 0.2) is 71.1 Å². The Hall–Kier alpha value is -3.71. The number of amides is 1. The number of hydrogen-bond acceptors (Lipinski definition) is 5. The fourth-order valence-electron chi connectivity index (χ4n) is 3.03. The minimum absolute atomic E-state index is 0.132. The first-order chi connectivity index (χ1) is 15.0. The normalized spacial score (nSPS) is 10.6. The molecule has 0 spiro atoms. The van der Waals surface area contributed by atoms with Gasteiger partial charge in [-0.05, 0) is 73.6 Å². The minimum Gasteiger partial charge on any atom is -0.484 e. The summed E-state index contributed by atoms with van der Waals surface area (Å²) >= 11 is 5.29. The van der Waals surface area contributed by atoms with Gasteiger partial charge in [-0.2, -0.15) is 0 Å².